The minimum atomic E-state index is -3.27. The molecular weight excluding hydrogens is 753 g/mol. The number of aromatic nitrogens is 3. The molecule has 1 N–H and O–H groups in total. The van der Waals surface area contributed by atoms with Gasteiger partial charge >= 0.3 is 5.97 Å². The number of halogens is 4. The number of nitrogens with one attached hydrogen (secondary N) is 1. The van der Waals surface area contributed by atoms with Crippen LogP contribution in [-0.2, 0) is 38.8 Å². The highest BCUT2D eigenvalue weighted by molar-refractivity contribution is 6.30. The Kier molecular flexibility index (Phi) is 11.3. The van der Waals surface area contributed by atoms with Crippen LogP contribution in [0.5, 0.6) is 5.88 Å². The topological polar surface area (TPSA) is 128 Å². The van der Waals surface area contributed by atoms with Gasteiger partial charge < -0.3 is 29.0 Å². The molecule has 1 unspecified atom stereocenters. The van der Waals surface area contributed by atoms with Crippen molar-refractivity contribution < 1.29 is 41.8 Å². The summed E-state index contributed by atoms with van der Waals surface area (Å²) in [6.45, 7) is 5.39. The number of amides is 2. The lowest BCUT2D eigenvalue weighted by molar-refractivity contribution is -0.152. The van der Waals surface area contributed by atoms with E-state index in [1.807, 2.05) is 18.2 Å². The van der Waals surface area contributed by atoms with Gasteiger partial charge in [-0.15, -0.1) is 0 Å². The number of fused-ring (bicyclic) bond motifs is 1. The van der Waals surface area contributed by atoms with Gasteiger partial charge in [0.25, 0.3) is 11.8 Å². The summed E-state index contributed by atoms with van der Waals surface area (Å²) in [6.07, 6.45) is 1.86. The first kappa shape index (κ1) is 39.5. The number of ether oxygens (including phenoxy) is 3. The molecule has 2 atom stereocenters. The molecule has 2 aromatic carbocycles. The Bertz CT molecular complexity index is 2120. The molecule has 3 aliphatic rings. The zero-order valence-electron chi connectivity index (χ0n) is 31.4. The van der Waals surface area contributed by atoms with E-state index < -0.39 is 54.1 Å². The van der Waals surface area contributed by atoms with E-state index in [1.165, 1.54) is 19.9 Å². The highest BCUT2D eigenvalue weighted by Crippen LogP contribution is 2.35. The van der Waals surface area contributed by atoms with E-state index in [2.05, 4.69) is 19.5 Å². The van der Waals surface area contributed by atoms with Crippen LogP contribution >= 0.6 is 11.6 Å². The number of likely N-dealkylation sites (tertiary alicyclic amines) is 2. The Morgan fingerprint density at radius 1 is 1.05 bits per heavy atom. The number of piperidine rings is 1. The van der Waals surface area contributed by atoms with Crippen LogP contribution in [-0.4, -0.2) is 99.1 Å². The van der Waals surface area contributed by atoms with Gasteiger partial charge in [0.2, 0.25) is 11.8 Å². The molecule has 3 saturated heterocycles. The van der Waals surface area contributed by atoms with Crippen molar-refractivity contribution in [1.29, 1.82) is 0 Å². The van der Waals surface area contributed by atoms with E-state index in [-0.39, 0.29) is 24.2 Å². The fourth-order valence-electron chi connectivity index (χ4n) is 7.54. The maximum Gasteiger partial charge on any atom is 0.328 e. The molecule has 0 aliphatic carbocycles. The monoisotopic (exact) mass is 796 g/mol. The average molecular weight is 797 g/mol. The van der Waals surface area contributed by atoms with E-state index in [0.717, 1.165) is 61.4 Å². The largest absolute Gasteiger partial charge is 0.473 e. The molecular formula is C40H44ClF3N6O6. The number of carbonyl (C=O) groups is 3. The third-order valence-electron chi connectivity index (χ3n) is 10.7. The van der Waals surface area contributed by atoms with E-state index in [0.29, 0.717) is 41.7 Å². The minimum absolute atomic E-state index is 0.0377. The van der Waals surface area contributed by atoms with Crippen LogP contribution in [0.15, 0.2) is 54.6 Å². The number of pyridine rings is 1. The number of alkyl halides is 2. The first-order valence-corrected chi connectivity index (χ1v) is 19.0. The van der Waals surface area contributed by atoms with Gasteiger partial charge in [-0.05, 0) is 82.6 Å². The fourth-order valence-corrected chi connectivity index (χ4v) is 7.70. The van der Waals surface area contributed by atoms with Crippen LogP contribution in [0.4, 0.5) is 13.2 Å². The van der Waals surface area contributed by atoms with Gasteiger partial charge in [-0.2, -0.15) is 0 Å². The van der Waals surface area contributed by atoms with Crippen molar-refractivity contribution in [3.05, 3.63) is 88.1 Å². The Morgan fingerprint density at radius 2 is 1.82 bits per heavy atom. The number of hydrogen-bond donors (Lipinski definition) is 1. The van der Waals surface area contributed by atoms with Crippen LogP contribution in [0.1, 0.15) is 72.9 Å². The molecule has 0 radical (unpaired) electrons. The Balaban J connectivity index is 1.01. The summed E-state index contributed by atoms with van der Waals surface area (Å²) in [4.78, 5) is 52.1. The van der Waals surface area contributed by atoms with Crippen molar-refractivity contribution in [2.24, 2.45) is 0 Å². The number of esters is 1. The SMILES string of the molecule is COC(=O)C1CC(F)(F)CN1C(=O)C(C)(C)NC(=O)c1ccc2c(c1)nc(CN1CCC(c3cccc(OCc4ccc(Cl)cc4F)n3)CC1)n2C[C@@H]1CCO1. The number of imidazole rings is 1. The van der Waals surface area contributed by atoms with Crippen LogP contribution in [0.2, 0.25) is 5.02 Å². The summed E-state index contributed by atoms with van der Waals surface area (Å²) in [6, 6.07) is 13.8. The first-order chi connectivity index (χ1) is 26.7. The highest BCUT2D eigenvalue weighted by Gasteiger charge is 2.53. The fraction of sp³-hybridized carbons (Fsp3) is 0.475. The lowest BCUT2D eigenvalue weighted by atomic mass is 9.93. The number of benzene rings is 2. The second-order valence-electron chi connectivity index (χ2n) is 15.2. The summed E-state index contributed by atoms with van der Waals surface area (Å²) in [5.74, 6) is -4.57. The highest BCUT2D eigenvalue weighted by atomic mass is 35.5. The zero-order valence-corrected chi connectivity index (χ0v) is 32.2. The number of rotatable bonds is 12. The van der Waals surface area contributed by atoms with Crippen molar-refractivity contribution in [2.75, 3.05) is 33.4 Å². The van der Waals surface area contributed by atoms with E-state index in [9.17, 15) is 27.6 Å². The minimum Gasteiger partial charge on any atom is -0.473 e. The molecule has 3 aliphatic heterocycles. The molecule has 0 saturated carbocycles. The van der Waals surface area contributed by atoms with E-state index in [1.54, 1.807) is 30.3 Å². The van der Waals surface area contributed by atoms with E-state index >= 15 is 0 Å². The molecule has 0 spiro atoms. The molecule has 16 heteroatoms. The molecule has 5 heterocycles. The van der Waals surface area contributed by atoms with E-state index in [4.69, 9.17) is 31.0 Å². The lowest BCUT2D eigenvalue weighted by Gasteiger charge is -2.32. The van der Waals surface area contributed by atoms with Gasteiger partial charge in [0.05, 0.1) is 43.9 Å². The molecule has 2 aromatic heterocycles. The molecule has 3 fully saturated rings. The Hall–Kier alpha value is -4.73. The Labute approximate surface area is 327 Å². The predicted molar refractivity (Wildman–Crippen MR) is 200 cm³/mol. The summed E-state index contributed by atoms with van der Waals surface area (Å²) >= 11 is 5.87. The van der Waals surface area contributed by atoms with Crippen LogP contribution < -0.4 is 10.1 Å². The average Bonchev–Trinajstić information content (AvgIpc) is 3.67. The van der Waals surface area contributed by atoms with Gasteiger partial charge in [0, 0.05) is 46.9 Å². The van der Waals surface area contributed by atoms with Crippen LogP contribution in [0.25, 0.3) is 11.0 Å². The molecule has 2 amide bonds. The Morgan fingerprint density at radius 3 is 2.52 bits per heavy atom. The van der Waals surface area contributed by atoms with Crippen molar-refractivity contribution in [2.45, 2.75) is 88.8 Å². The van der Waals surface area contributed by atoms with Gasteiger partial charge in [-0.1, -0.05) is 23.7 Å². The number of nitrogens with zero attached hydrogens (tertiary/aromatic N) is 5. The molecule has 12 nitrogen and oxygen atoms in total. The standard InChI is InChI=1S/C40H44ClF3N6O6/c1-39(2,38(53)50-23-40(43,44)19-33(50)37(52)54-3)47-36(51)25-8-10-32-31(17-25)45-34(49(32)20-28-13-16-55-28)21-48-14-11-24(12-15-48)30-5-4-6-35(46-30)56-22-26-7-9-27(41)18-29(26)42/h4-10,17-18,24,28,33H,11-16,19-23H2,1-3H3,(H,47,51)/t28-,33?/m0/s1. The quantitative estimate of drug-likeness (QED) is 0.175. The molecule has 4 aromatic rings. The van der Waals surface area contributed by atoms with Gasteiger partial charge in [-0.25, -0.2) is 27.9 Å². The number of methoxy groups -OCH3 is 1. The van der Waals surface area contributed by atoms with Crippen molar-refractivity contribution in [1.82, 2.24) is 29.7 Å². The summed E-state index contributed by atoms with van der Waals surface area (Å²) in [7, 11) is 1.07. The van der Waals surface area contributed by atoms with Crippen LogP contribution in [0, 0.1) is 5.82 Å². The second kappa shape index (κ2) is 16.0. The van der Waals surface area contributed by atoms with Crippen molar-refractivity contribution in [3.63, 3.8) is 0 Å². The smallest absolute Gasteiger partial charge is 0.328 e. The first-order valence-electron chi connectivity index (χ1n) is 18.7. The summed E-state index contributed by atoms with van der Waals surface area (Å²) in [5, 5.41) is 3.00. The van der Waals surface area contributed by atoms with Gasteiger partial charge in [0.15, 0.2) is 0 Å². The molecule has 56 heavy (non-hydrogen) atoms. The third-order valence-corrected chi connectivity index (χ3v) is 11.0. The molecule has 0 bridgehead atoms. The van der Waals surface area contributed by atoms with Gasteiger partial charge in [-0.3, -0.25) is 14.5 Å². The number of carbonyl (C=O) groups excluding carboxylic acids is 3. The normalized spacial score (nSPS) is 20.2. The molecule has 298 valence electrons. The third kappa shape index (κ3) is 8.64. The molecule has 7 rings (SSSR count). The predicted octanol–water partition coefficient (Wildman–Crippen LogP) is 5.89. The summed E-state index contributed by atoms with van der Waals surface area (Å²) in [5.41, 5.74) is 1.37. The van der Waals surface area contributed by atoms with Crippen LogP contribution in [0.3, 0.4) is 0 Å². The maximum absolute atomic E-state index is 14.3. The zero-order chi connectivity index (χ0) is 39.8. The van der Waals surface area contributed by atoms with Crippen molar-refractivity contribution >= 4 is 40.4 Å². The van der Waals surface area contributed by atoms with Crippen molar-refractivity contribution in [3.8, 4) is 5.88 Å². The maximum atomic E-state index is 14.3. The number of hydrogen-bond acceptors (Lipinski definition) is 9. The summed E-state index contributed by atoms with van der Waals surface area (Å²) < 4.78 is 61.3. The second-order valence-corrected chi connectivity index (χ2v) is 15.6. The lowest BCUT2D eigenvalue weighted by Crippen LogP contribution is -2.58. The van der Waals surface area contributed by atoms with Gasteiger partial charge in [0.1, 0.15) is 29.8 Å².